The Morgan fingerprint density at radius 2 is 1.42 bits per heavy atom. The van der Waals surface area contributed by atoms with Gasteiger partial charge in [-0.3, -0.25) is 0 Å². The summed E-state index contributed by atoms with van der Waals surface area (Å²) in [7, 11) is 0. The van der Waals surface area contributed by atoms with E-state index in [0.29, 0.717) is 0 Å². The second kappa shape index (κ2) is 3.84. The lowest BCUT2D eigenvalue weighted by Crippen LogP contribution is -1.91. The van der Waals surface area contributed by atoms with Crippen molar-refractivity contribution in [2.24, 2.45) is 0 Å². The Labute approximate surface area is 71.2 Å². The largest absolute Gasteiger partial charge is 0.477 e. The molecule has 1 aromatic rings. The van der Waals surface area contributed by atoms with Crippen molar-refractivity contribution in [3.63, 3.8) is 0 Å². The lowest BCUT2D eigenvalue weighted by atomic mass is 10.4. The third kappa shape index (κ3) is 2.04. The number of aromatic carboxylic acids is 2. The zero-order valence-electron chi connectivity index (χ0n) is 5.77. The summed E-state index contributed by atoms with van der Waals surface area (Å²) in [6, 6.07) is 2.55. The average molecular weight is 190 g/mol. The van der Waals surface area contributed by atoms with E-state index in [4.69, 9.17) is 10.2 Å². The molecule has 0 unspecified atom stereocenters. The Hall–Kier alpha value is -1.40. The van der Waals surface area contributed by atoms with Gasteiger partial charge in [-0.25, -0.2) is 9.59 Å². The smallest absolute Gasteiger partial charge is 0.345 e. The molecule has 0 aliphatic rings. The zero-order valence-corrected chi connectivity index (χ0v) is 6.59. The highest BCUT2D eigenvalue weighted by molar-refractivity contribution is 7.15. The van der Waals surface area contributed by atoms with Crippen LogP contribution in [0.2, 0.25) is 0 Å². The minimum Gasteiger partial charge on any atom is -0.477 e. The first-order valence-electron chi connectivity index (χ1n) is 2.67. The standard InChI is InChI=1S/C6H4O4S.H2O/c7-5(8)3-1-2-4(11-3)6(9)10;/h1-2H,(H,7,8)(H,9,10);1H2. The summed E-state index contributed by atoms with van der Waals surface area (Å²) < 4.78 is 0. The Bertz CT molecular complexity index is 274. The molecule has 1 aromatic heterocycles. The van der Waals surface area contributed by atoms with Gasteiger partial charge in [-0.2, -0.15) is 0 Å². The molecule has 1 heterocycles. The van der Waals surface area contributed by atoms with Crippen LogP contribution in [0.15, 0.2) is 12.1 Å². The monoisotopic (exact) mass is 190 g/mol. The molecule has 0 amide bonds. The molecule has 0 aliphatic heterocycles. The van der Waals surface area contributed by atoms with Crippen LogP contribution in [-0.4, -0.2) is 27.6 Å². The van der Waals surface area contributed by atoms with E-state index in [1.54, 1.807) is 0 Å². The first-order valence-corrected chi connectivity index (χ1v) is 3.49. The topological polar surface area (TPSA) is 106 Å². The summed E-state index contributed by atoms with van der Waals surface area (Å²) in [5.74, 6) is -2.19. The second-order valence-corrected chi connectivity index (χ2v) is 2.86. The molecule has 0 spiro atoms. The number of rotatable bonds is 2. The molecule has 0 radical (unpaired) electrons. The van der Waals surface area contributed by atoms with Gasteiger partial charge in [-0.05, 0) is 12.1 Å². The van der Waals surface area contributed by atoms with Crippen LogP contribution in [0.5, 0.6) is 0 Å². The van der Waals surface area contributed by atoms with Crippen molar-refractivity contribution in [2.45, 2.75) is 0 Å². The van der Waals surface area contributed by atoms with Crippen molar-refractivity contribution < 1.29 is 25.3 Å². The van der Waals surface area contributed by atoms with Crippen LogP contribution in [0.4, 0.5) is 0 Å². The van der Waals surface area contributed by atoms with Gasteiger partial charge < -0.3 is 15.7 Å². The third-order valence-electron chi connectivity index (χ3n) is 1.03. The van der Waals surface area contributed by atoms with Crippen molar-refractivity contribution in [3.8, 4) is 0 Å². The van der Waals surface area contributed by atoms with Crippen LogP contribution >= 0.6 is 11.3 Å². The number of hydrogen-bond acceptors (Lipinski definition) is 3. The summed E-state index contributed by atoms with van der Waals surface area (Å²) >= 11 is 0.750. The van der Waals surface area contributed by atoms with Crippen LogP contribution in [0.1, 0.15) is 19.3 Å². The molecule has 0 fully saturated rings. The van der Waals surface area contributed by atoms with Crippen LogP contribution < -0.4 is 0 Å². The first-order chi connectivity index (χ1) is 5.11. The Kier molecular flexibility index (Phi) is 3.39. The minimum atomic E-state index is -1.09. The molecule has 1 rings (SSSR count). The van der Waals surface area contributed by atoms with Gasteiger partial charge in [0.1, 0.15) is 9.75 Å². The van der Waals surface area contributed by atoms with E-state index in [2.05, 4.69) is 0 Å². The SMILES string of the molecule is O.O=C(O)c1ccc(C(=O)O)s1. The molecule has 0 saturated heterocycles. The van der Waals surface area contributed by atoms with Gasteiger partial charge in [-0.15, -0.1) is 11.3 Å². The lowest BCUT2D eigenvalue weighted by molar-refractivity contribution is 0.0693. The van der Waals surface area contributed by atoms with Crippen LogP contribution in [0.3, 0.4) is 0 Å². The Morgan fingerprint density at radius 3 is 1.58 bits per heavy atom. The number of carboxylic acid groups (broad SMARTS) is 2. The highest BCUT2D eigenvalue weighted by Gasteiger charge is 2.10. The van der Waals surface area contributed by atoms with E-state index in [1.807, 2.05) is 0 Å². The maximum absolute atomic E-state index is 10.3. The molecule has 12 heavy (non-hydrogen) atoms. The first kappa shape index (κ1) is 10.6. The fourth-order valence-corrected chi connectivity index (χ4v) is 1.25. The van der Waals surface area contributed by atoms with Gasteiger partial charge in [0.2, 0.25) is 0 Å². The van der Waals surface area contributed by atoms with Crippen molar-refractivity contribution in [3.05, 3.63) is 21.9 Å². The fraction of sp³-hybridized carbons (Fsp3) is 0. The summed E-state index contributed by atoms with van der Waals surface area (Å²) in [5, 5.41) is 16.8. The van der Waals surface area contributed by atoms with Gasteiger partial charge in [0, 0.05) is 0 Å². The fourth-order valence-electron chi connectivity index (χ4n) is 0.568. The van der Waals surface area contributed by atoms with E-state index >= 15 is 0 Å². The number of carboxylic acids is 2. The molecule has 0 saturated carbocycles. The summed E-state index contributed by atoms with van der Waals surface area (Å²) in [6.45, 7) is 0. The normalized spacial score (nSPS) is 8.67. The predicted octanol–water partition coefficient (Wildman–Crippen LogP) is 0.320. The molecule has 66 valence electrons. The minimum absolute atomic E-state index is 0. The quantitative estimate of drug-likeness (QED) is 0.700. The highest BCUT2D eigenvalue weighted by atomic mass is 32.1. The van der Waals surface area contributed by atoms with E-state index in [-0.39, 0.29) is 15.2 Å². The number of thiophene rings is 1. The van der Waals surface area contributed by atoms with Crippen LogP contribution in [0, 0.1) is 0 Å². The molecule has 0 aromatic carbocycles. The second-order valence-electron chi connectivity index (χ2n) is 1.77. The van der Waals surface area contributed by atoms with Gasteiger partial charge in [0.15, 0.2) is 0 Å². The van der Waals surface area contributed by atoms with Crippen molar-refractivity contribution in [2.75, 3.05) is 0 Å². The molecular formula is C6H6O5S. The molecule has 4 N–H and O–H groups in total. The molecule has 6 heteroatoms. The van der Waals surface area contributed by atoms with Crippen LogP contribution in [-0.2, 0) is 0 Å². The van der Waals surface area contributed by atoms with Gasteiger partial charge in [-0.1, -0.05) is 0 Å². The Balaban J connectivity index is 0.00000121. The van der Waals surface area contributed by atoms with E-state index < -0.39 is 11.9 Å². The van der Waals surface area contributed by atoms with Crippen molar-refractivity contribution in [1.29, 1.82) is 0 Å². The van der Waals surface area contributed by atoms with Gasteiger partial charge in [0.05, 0.1) is 0 Å². The number of hydrogen-bond donors (Lipinski definition) is 2. The third-order valence-corrected chi connectivity index (χ3v) is 2.09. The predicted molar refractivity (Wildman–Crippen MR) is 41.9 cm³/mol. The summed E-state index contributed by atoms with van der Waals surface area (Å²) in [5.41, 5.74) is 0. The molecule has 0 aliphatic carbocycles. The lowest BCUT2D eigenvalue weighted by Gasteiger charge is -1.82. The zero-order chi connectivity index (χ0) is 8.43. The highest BCUT2D eigenvalue weighted by Crippen LogP contribution is 2.15. The van der Waals surface area contributed by atoms with E-state index in [1.165, 1.54) is 12.1 Å². The number of carbonyl (C=O) groups is 2. The van der Waals surface area contributed by atoms with E-state index in [0.717, 1.165) is 11.3 Å². The van der Waals surface area contributed by atoms with Gasteiger partial charge in [0.25, 0.3) is 0 Å². The Morgan fingerprint density at radius 1 is 1.08 bits per heavy atom. The molecular weight excluding hydrogens is 184 g/mol. The molecule has 5 nitrogen and oxygen atoms in total. The van der Waals surface area contributed by atoms with E-state index in [9.17, 15) is 9.59 Å². The van der Waals surface area contributed by atoms with Crippen molar-refractivity contribution >= 4 is 23.3 Å². The van der Waals surface area contributed by atoms with Gasteiger partial charge >= 0.3 is 11.9 Å². The van der Waals surface area contributed by atoms with Crippen molar-refractivity contribution in [1.82, 2.24) is 0 Å². The maximum atomic E-state index is 10.3. The van der Waals surface area contributed by atoms with Crippen LogP contribution in [0.25, 0.3) is 0 Å². The maximum Gasteiger partial charge on any atom is 0.345 e. The summed E-state index contributed by atoms with van der Waals surface area (Å²) in [4.78, 5) is 20.6. The molecule has 0 bridgehead atoms. The molecule has 0 atom stereocenters. The summed E-state index contributed by atoms with van der Waals surface area (Å²) in [6.07, 6.45) is 0. The average Bonchev–Trinajstić information content (AvgIpc) is 2.33.